The standard InChI is InChI=1S/C53H107N2O6P/c1-6-8-10-12-14-16-18-20-22-23-24-25-26-27-28-29-30-31-32-33-35-37-39-41-43-45-47-53(57)54-51(50-61-62(58,59)60-49-48-55(3,4)5)52(56)46-44-42-40-38-36-34-21-19-17-15-13-11-9-7-2/h44,46,51-52,56H,6-43,45,47-50H2,1-5H3,(H-,54,57,58,59)/b46-44+. The molecule has 0 rings (SSSR count). The van der Waals surface area contributed by atoms with E-state index in [9.17, 15) is 19.4 Å². The van der Waals surface area contributed by atoms with Crippen LogP contribution in [0.15, 0.2) is 12.2 Å². The Morgan fingerprint density at radius 3 is 1.21 bits per heavy atom. The second kappa shape index (κ2) is 45.4. The lowest BCUT2D eigenvalue weighted by atomic mass is 10.0. The van der Waals surface area contributed by atoms with Crippen molar-refractivity contribution >= 4 is 13.7 Å². The minimum Gasteiger partial charge on any atom is -0.756 e. The van der Waals surface area contributed by atoms with Gasteiger partial charge in [0.25, 0.3) is 7.82 Å². The maximum absolute atomic E-state index is 12.9. The van der Waals surface area contributed by atoms with Crippen molar-refractivity contribution in [1.29, 1.82) is 0 Å². The highest BCUT2D eigenvalue weighted by atomic mass is 31.2. The zero-order chi connectivity index (χ0) is 45.7. The first-order valence-corrected chi connectivity index (χ1v) is 28.5. The molecule has 370 valence electrons. The summed E-state index contributed by atoms with van der Waals surface area (Å²) in [5, 5.41) is 13.8. The summed E-state index contributed by atoms with van der Waals surface area (Å²) in [4.78, 5) is 25.4. The number of allylic oxidation sites excluding steroid dienone is 1. The number of phosphoric acid groups is 1. The number of quaternary nitrogens is 1. The van der Waals surface area contributed by atoms with Crippen LogP contribution in [-0.4, -0.2) is 68.5 Å². The van der Waals surface area contributed by atoms with Crippen LogP contribution in [0.25, 0.3) is 0 Å². The predicted octanol–water partition coefficient (Wildman–Crippen LogP) is 15.2. The van der Waals surface area contributed by atoms with Crippen LogP contribution >= 0.6 is 7.82 Å². The van der Waals surface area contributed by atoms with Gasteiger partial charge in [0, 0.05) is 6.42 Å². The molecular weight excluding hydrogens is 792 g/mol. The topological polar surface area (TPSA) is 108 Å². The summed E-state index contributed by atoms with van der Waals surface area (Å²) in [7, 11) is 1.28. The van der Waals surface area contributed by atoms with Gasteiger partial charge < -0.3 is 28.8 Å². The first kappa shape index (κ1) is 61.2. The van der Waals surface area contributed by atoms with Crippen LogP contribution < -0.4 is 10.2 Å². The molecule has 0 aromatic heterocycles. The fraction of sp³-hybridized carbons (Fsp3) is 0.943. The zero-order valence-electron chi connectivity index (χ0n) is 42.1. The third-order valence-electron chi connectivity index (χ3n) is 12.5. The molecule has 0 aliphatic carbocycles. The van der Waals surface area contributed by atoms with Crippen LogP contribution in [0.1, 0.15) is 271 Å². The van der Waals surface area contributed by atoms with Gasteiger partial charge in [0.15, 0.2) is 0 Å². The van der Waals surface area contributed by atoms with E-state index in [1.54, 1.807) is 6.08 Å². The van der Waals surface area contributed by atoms with Crippen LogP contribution in [0.5, 0.6) is 0 Å². The van der Waals surface area contributed by atoms with E-state index in [0.29, 0.717) is 17.4 Å². The number of hydrogen-bond donors (Lipinski definition) is 2. The molecule has 0 aliphatic heterocycles. The van der Waals surface area contributed by atoms with E-state index >= 15 is 0 Å². The van der Waals surface area contributed by atoms with E-state index < -0.39 is 20.0 Å². The first-order valence-electron chi connectivity index (χ1n) is 27.1. The molecule has 0 aromatic carbocycles. The highest BCUT2D eigenvalue weighted by Crippen LogP contribution is 2.38. The Hall–Kier alpha value is -0.760. The molecule has 0 saturated carbocycles. The molecule has 8 nitrogen and oxygen atoms in total. The molecule has 2 N–H and O–H groups in total. The highest BCUT2D eigenvalue weighted by Gasteiger charge is 2.23. The Morgan fingerprint density at radius 2 is 0.871 bits per heavy atom. The Kier molecular flexibility index (Phi) is 44.8. The molecule has 1 amide bonds. The zero-order valence-corrected chi connectivity index (χ0v) is 43.0. The summed E-state index contributed by atoms with van der Waals surface area (Å²) >= 11 is 0. The van der Waals surface area contributed by atoms with Gasteiger partial charge in [0.05, 0.1) is 39.9 Å². The van der Waals surface area contributed by atoms with Crippen molar-refractivity contribution in [1.82, 2.24) is 5.32 Å². The Labute approximate surface area is 386 Å². The third kappa shape index (κ3) is 47.2. The number of likely N-dealkylation sites (N-methyl/N-ethyl adjacent to an activating group) is 1. The summed E-state index contributed by atoms with van der Waals surface area (Å²) in [5.74, 6) is -0.192. The average Bonchev–Trinajstić information content (AvgIpc) is 3.23. The number of carbonyl (C=O) groups is 1. The number of unbranched alkanes of at least 4 members (excludes halogenated alkanes) is 37. The molecule has 0 radical (unpaired) electrons. The van der Waals surface area contributed by atoms with Crippen molar-refractivity contribution in [2.75, 3.05) is 40.9 Å². The van der Waals surface area contributed by atoms with Gasteiger partial charge >= 0.3 is 0 Å². The van der Waals surface area contributed by atoms with Gasteiger partial charge in [0.2, 0.25) is 5.91 Å². The van der Waals surface area contributed by atoms with E-state index in [4.69, 9.17) is 9.05 Å². The number of carbonyl (C=O) groups excluding carboxylic acids is 1. The highest BCUT2D eigenvalue weighted by molar-refractivity contribution is 7.45. The van der Waals surface area contributed by atoms with Crippen molar-refractivity contribution in [2.24, 2.45) is 0 Å². The largest absolute Gasteiger partial charge is 0.756 e. The molecule has 0 saturated heterocycles. The van der Waals surface area contributed by atoms with Gasteiger partial charge in [-0.05, 0) is 19.3 Å². The van der Waals surface area contributed by atoms with Gasteiger partial charge in [-0.3, -0.25) is 9.36 Å². The van der Waals surface area contributed by atoms with Crippen LogP contribution in [0.2, 0.25) is 0 Å². The molecular formula is C53H107N2O6P. The minimum absolute atomic E-state index is 0.00240. The number of rotatable bonds is 50. The minimum atomic E-state index is -4.59. The Morgan fingerprint density at radius 1 is 0.548 bits per heavy atom. The normalized spacial score (nSPS) is 14.1. The summed E-state index contributed by atoms with van der Waals surface area (Å²) < 4.78 is 23.3. The lowest BCUT2D eigenvalue weighted by molar-refractivity contribution is -0.870. The molecule has 62 heavy (non-hydrogen) atoms. The van der Waals surface area contributed by atoms with Crippen molar-refractivity contribution in [3.05, 3.63) is 12.2 Å². The monoisotopic (exact) mass is 899 g/mol. The number of aliphatic hydroxyl groups is 1. The summed E-state index contributed by atoms with van der Waals surface area (Å²) in [5.41, 5.74) is 0. The Balaban J connectivity index is 4.12. The van der Waals surface area contributed by atoms with Crippen LogP contribution in [0.4, 0.5) is 0 Å². The maximum atomic E-state index is 12.9. The summed E-state index contributed by atoms with van der Waals surface area (Å²) in [6.45, 7) is 4.68. The van der Waals surface area contributed by atoms with Crippen molar-refractivity contribution in [3.63, 3.8) is 0 Å². The first-order chi connectivity index (χ1) is 30.0. The second-order valence-corrected chi connectivity index (χ2v) is 21.4. The average molecular weight is 899 g/mol. The van der Waals surface area contributed by atoms with Crippen LogP contribution in [-0.2, 0) is 18.4 Å². The van der Waals surface area contributed by atoms with E-state index in [1.807, 2.05) is 27.2 Å². The lowest BCUT2D eigenvalue weighted by Gasteiger charge is -2.29. The summed E-state index contributed by atoms with van der Waals surface area (Å²) in [6, 6.07) is -0.881. The molecule has 0 bridgehead atoms. The molecule has 3 unspecified atom stereocenters. The summed E-state index contributed by atoms with van der Waals surface area (Å²) in [6.07, 6.45) is 54.2. The molecule has 3 atom stereocenters. The van der Waals surface area contributed by atoms with Crippen molar-refractivity contribution in [3.8, 4) is 0 Å². The smallest absolute Gasteiger partial charge is 0.268 e. The Bertz CT molecular complexity index is 1020. The number of phosphoric ester groups is 1. The second-order valence-electron chi connectivity index (χ2n) is 19.9. The maximum Gasteiger partial charge on any atom is 0.268 e. The number of amides is 1. The third-order valence-corrected chi connectivity index (χ3v) is 13.5. The molecule has 9 heteroatoms. The van der Waals surface area contributed by atoms with Gasteiger partial charge in [-0.15, -0.1) is 0 Å². The van der Waals surface area contributed by atoms with Crippen molar-refractivity contribution in [2.45, 2.75) is 283 Å². The molecule has 0 aliphatic rings. The lowest BCUT2D eigenvalue weighted by Crippen LogP contribution is -2.45. The molecule has 0 spiro atoms. The number of aliphatic hydroxyl groups excluding tert-OH is 1. The fourth-order valence-corrected chi connectivity index (χ4v) is 8.94. The molecule has 0 heterocycles. The van der Waals surface area contributed by atoms with Gasteiger partial charge in [-0.2, -0.15) is 0 Å². The van der Waals surface area contributed by atoms with E-state index in [0.717, 1.165) is 38.5 Å². The van der Waals surface area contributed by atoms with Crippen LogP contribution in [0, 0.1) is 0 Å². The number of nitrogens with one attached hydrogen (secondary N) is 1. The SMILES string of the molecule is CCCCCCCCCCCCCC/C=C/C(O)C(COP(=O)([O-])OCC[N+](C)(C)C)NC(=O)CCCCCCCCCCCCCCCCCCCCCCCCCCCC. The number of nitrogens with zero attached hydrogens (tertiary/aromatic N) is 1. The molecule has 0 fully saturated rings. The molecule has 0 aromatic rings. The van der Waals surface area contributed by atoms with E-state index in [-0.39, 0.29) is 19.1 Å². The van der Waals surface area contributed by atoms with E-state index in [2.05, 4.69) is 19.2 Å². The predicted molar refractivity (Wildman–Crippen MR) is 266 cm³/mol. The van der Waals surface area contributed by atoms with Gasteiger partial charge in [-0.1, -0.05) is 257 Å². The van der Waals surface area contributed by atoms with Crippen LogP contribution in [0.3, 0.4) is 0 Å². The van der Waals surface area contributed by atoms with E-state index in [1.165, 1.54) is 212 Å². The van der Waals surface area contributed by atoms with Gasteiger partial charge in [-0.25, -0.2) is 0 Å². The number of hydrogen-bond acceptors (Lipinski definition) is 6. The van der Waals surface area contributed by atoms with Gasteiger partial charge in [0.1, 0.15) is 13.2 Å². The quantitative estimate of drug-likeness (QED) is 0.0272. The fourth-order valence-electron chi connectivity index (χ4n) is 8.21. The van der Waals surface area contributed by atoms with Crippen molar-refractivity contribution < 1.29 is 32.9 Å².